The van der Waals surface area contributed by atoms with Gasteiger partial charge in [-0.1, -0.05) is 130 Å². The second-order valence-electron chi connectivity index (χ2n) is 7.33. The molecule has 0 heterocycles. The molecule has 0 amide bonds. The molecule has 0 nitrogen and oxygen atoms in total. The standard InChI is InChI=1S/C10H19.2C8H17.Al/c1-3-5-7-9-10-8-6-4-2;2*1-3-5-7-8-6-4-2;/h1,3H,4-10H2,2H3;2*1,3-8H2,2H3;/q3*-1;+3. The molecule has 0 bridgehead atoms. The van der Waals surface area contributed by atoms with Crippen LogP contribution >= 0.6 is 0 Å². The summed E-state index contributed by atoms with van der Waals surface area (Å²) in [6.07, 6.45) is 27.0. The molecule has 0 aliphatic heterocycles. The first kappa shape index (κ1) is 34.8. The van der Waals surface area contributed by atoms with E-state index in [9.17, 15) is 0 Å². The first-order valence-corrected chi connectivity index (χ1v) is 11.9. The Balaban J connectivity index is -0.000000146. The minimum Gasteiger partial charge on any atom is -0.518 e. The maximum atomic E-state index is 5.24. The fourth-order valence-electron chi connectivity index (χ4n) is 2.60. The minimum atomic E-state index is 0. The molecule has 0 aromatic heterocycles. The van der Waals surface area contributed by atoms with Crippen LogP contribution in [0.25, 0.3) is 0 Å². The molecule has 0 aromatic carbocycles. The third-order valence-corrected chi connectivity index (χ3v) is 4.43. The summed E-state index contributed by atoms with van der Waals surface area (Å²) in [5.74, 6) is 0. The van der Waals surface area contributed by atoms with E-state index in [0.29, 0.717) is 0 Å². The van der Waals surface area contributed by atoms with Gasteiger partial charge in [0.15, 0.2) is 0 Å². The number of allylic oxidation sites excluding steroid dienone is 1. The Hall–Kier alpha value is 0.272. The van der Waals surface area contributed by atoms with Crippen LogP contribution in [0.1, 0.15) is 143 Å². The summed E-state index contributed by atoms with van der Waals surface area (Å²) in [7, 11) is 0. The van der Waals surface area contributed by atoms with Crippen LogP contribution in [0, 0.1) is 20.4 Å². The van der Waals surface area contributed by atoms with E-state index >= 15 is 0 Å². The Kier molecular flexibility index (Phi) is 52.6. The van der Waals surface area contributed by atoms with Crippen molar-refractivity contribution in [2.45, 2.75) is 143 Å². The van der Waals surface area contributed by atoms with Crippen molar-refractivity contribution in [3.8, 4) is 0 Å². The van der Waals surface area contributed by atoms with Crippen LogP contribution in [0.4, 0.5) is 0 Å². The van der Waals surface area contributed by atoms with Gasteiger partial charge in [0.25, 0.3) is 0 Å². The van der Waals surface area contributed by atoms with Crippen LogP contribution in [0.2, 0.25) is 0 Å². The molecule has 0 N–H and O–H groups in total. The second-order valence-corrected chi connectivity index (χ2v) is 7.33. The van der Waals surface area contributed by atoms with Gasteiger partial charge >= 0.3 is 17.4 Å². The zero-order valence-electron chi connectivity index (χ0n) is 19.6. The summed E-state index contributed by atoms with van der Waals surface area (Å²) < 4.78 is 0. The molecule has 27 heavy (non-hydrogen) atoms. The predicted molar refractivity (Wildman–Crippen MR) is 130 cm³/mol. The molecule has 0 aliphatic carbocycles. The third-order valence-electron chi connectivity index (χ3n) is 4.43. The summed E-state index contributed by atoms with van der Waals surface area (Å²) >= 11 is 0. The predicted octanol–water partition coefficient (Wildman–Crippen LogP) is 9.71. The van der Waals surface area contributed by atoms with Gasteiger partial charge in [-0.15, -0.1) is 0 Å². The van der Waals surface area contributed by atoms with Crippen molar-refractivity contribution in [2.75, 3.05) is 0 Å². The second kappa shape index (κ2) is 40.8. The number of unbranched alkanes of at least 4 members (excludes halogenated alkanes) is 16. The molecular weight excluding hydrogens is 339 g/mol. The first-order chi connectivity index (χ1) is 12.7. The van der Waals surface area contributed by atoms with Gasteiger partial charge in [0.2, 0.25) is 0 Å². The molecule has 1 heteroatoms. The Morgan fingerprint density at radius 3 is 1.11 bits per heavy atom. The molecule has 0 unspecified atom stereocenters. The van der Waals surface area contributed by atoms with Crippen LogP contribution < -0.4 is 0 Å². The van der Waals surface area contributed by atoms with Crippen LogP contribution in [0.3, 0.4) is 0 Å². The van der Waals surface area contributed by atoms with Crippen molar-refractivity contribution in [3.63, 3.8) is 0 Å². The van der Waals surface area contributed by atoms with Crippen molar-refractivity contribution >= 4 is 17.4 Å². The topological polar surface area (TPSA) is 0 Å². The van der Waals surface area contributed by atoms with Gasteiger partial charge in [-0.05, 0) is 0 Å². The minimum absolute atomic E-state index is 0. The largest absolute Gasteiger partial charge is 3.00 e. The maximum absolute atomic E-state index is 5.24. The monoisotopic (exact) mass is 392 g/mol. The van der Waals surface area contributed by atoms with Crippen LogP contribution in [0.5, 0.6) is 0 Å². The number of rotatable bonds is 17. The summed E-state index contributed by atoms with van der Waals surface area (Å²) in [4.78, 5) is 0. The molecule has 0 aliphatic rings. The van der Waals surface area contributed by atoms with Gasteiger partial charge < -0.3 is 20.4 Å². The van der Waals surface area contributed by atoms with E-state index in [-0.39, 0.29) is 17.4 Å². The SMILES string of the molecule is [Al+3].[CH-]=CCCCCCCCC.[CH2-]CCCCCCC.[CH2-]CCCCCCC. The molecule has 0 saturated carbocycles. The molecular formula is C26H53Al. The van der Waals surface area contributed by atoms with E-state index in [2.05, 4.69) is 34.6 Å². The van der Waals surface area contributed by atoms with Crippen molar-refractivity contribution < 1.29 is 0 Å². The summed E-state index contributed by atoms with van der Waals surface area (Å²) in [5.41, 5.74) is 0. The van der Waals surface area contributed by atoms with Crippen LogP contribution in [-0.4, -0.2) is 17.4 Å². The van der Waals surface area contributed by atoms with E-state index in [1.165, 1.54) is 103 Å². The first-order valence-electron chi connectivity index (χ1n) is 11.9. The fourth-order valence-corrected chi connectivity index (χ4v) is 2.60. The average Bonchev–Trinajstić information content (AvgIpc) is 2.66. The van der Waals surface area contributed by atoms with Gasteiger partial charge in [-0.25, -0.2) is 0 Å². The maximum Gasteiger partial charge on any atom is 3.00 e. The molecule has 0 aromatic rings. The third kappa shape index (κ3) is 51.9. The van der Waals surface area contributed by atoms with Crippen molar-refractivity contribution in [1.82, 2.24) is 0 Å². The Morgan fingerprint density at radius 1 is 0.519 bits per heavy atom. The van der Waals surface area contributed by atoms with Gasteiger partial charge in [0.1, 0.15) is 0 Å². The van der Waals surface area contributed by atoms with E-state index in [4.69, 9.17) is 6.58 Å². The summed E-state index contributed by atoms with van der Waals surface area (Å²) in [6.45, 7) is 19.5. The van der Waals surface area contributed by atoms with Crippen LogP contribution in [0.15, 0.2) is 6.08 Å². The average molecular weight is 393 g/mol. The zero-order valence-corrected chi connectivity index (χ0v) is 20.7. The van der Waals surface area contributed by atoms with Gasteiger partial charge in [0.05, 0.1) is 0 Å². The molecule has 0 radical (unpaired) electrons. The Labute approximate surface area is 186 Å². The van der Waals surface area contributed by atoms with Crippen molar-refractivity contribution in [2.24, 2.45) is 0 Å². The molecule has 0 rings (SSSR count). The number of hydrogen-bond donors (Lipinski definition) is 0. The van der Waals surface area contributed by atoms with Crippen molar-refractivity contribution in [1.29, 1.82) is 0 Å². The molecule has 0 spiro atoms. The van der Waals surface area contributed by atoms with Gasteiger partial charge in [0, 0.05) is 0 Å². The van der Waals surface area contributed by atoms with E-state index in [1.54, 1.807) is 6.08 Å². The van der Waals surface area contributed by atoms with E-state index in [1.807, 2.05) is 0 Å². The Bertz CT molecular complexity index is 176. The molecule has 0 atom stereocenters. The summed E-state index contributed by atoms with van der Waals surface area (Å²) in [5, 5.41) is 0. The quantitative estimate of drug-likeness (QED) is 0.131. The smallest absolute Gasteiger partial charge is 0.518 e. The van der Waals surface area contributed by atoms with Crippen molar-refractivity contribution in [3.05, 3.63) is 26.5 Å². The molecule has 0 fully saturated rings. The van der Waals surface area contributed by atoms with Crippen LogP contribution in [-0.2, 0) is 0 Å². The van der Waals surface area contributed by atoms with E-state index < -0.39 is 0 Å². The van der Waals surface area contributed by atoms with E-state index in [0.717, 1.165) is 19.3 Å². The zero-order chi connectivity index (χ0) is 20.1. The fraction of sp³-hybridized carbons (Fsp3) is 0.846. The molecule has 160 valence electrons. The number of hydrogen-bond acceptors (Lipinski definition) is 0. The van der Waals surface area contributed by atoms with Gasteiger partial charge in [-0.3, -0.25) is 6.08 Å². The summed E-state index contributed by atoms with van der Waals surface area (Å²) in [6, 6.07) is 0. The normalized spacial score (nSPS) is 9.37. The molecule has 0 saturated heterocycles. The van der Waals surface area contributed by atoms with Gasteiger partial charge in [-0.2, -0.15) is 12.8 Å². The Morgan fingerprint density at radius 2 is 0.815 bits per heavy atom.